The van der Waals surface area contributed by atoms with Gasteiger partial charge < -0.3 is 24.1 Å². The van der Waals surface area contributed by atoms with Crippen molar-refractivity contribution in [2.75, 3.05) is 19.8 Å². The minimum absolute atomic E-state index is 0.128. The third-order valence-electron chi connectivity index (χ3n) is 4.41. The molecule has 1 fully saturated rings. The molecular formula is C19H34O7. The molecule has 152 valence electrons. The van der Waals surface area contributed by atoms with Crippen molar-refractivity contribution in [3.05, 3.63) is 0 Å². The van der Waals surface area contributed by atoms with Crippen molar-refractivity contribution < 1.29 is 33.6 Å². The zero-order valence-electron chi connectivity index (χ0n) is 16.1. The highest BCUT2D eigenvalue weighted by Gasteiger charge is 2.31. The van der Waals surface area contributed by atoms with Crippen LogP contribution in [-0.4, -0.2) is 49.4 Å². The van der Waals surface area contributed by atoms with Crippen LogP contribution in [0.15, 0.2) is 0 Å². The Morgan fingerprint density at radius 1 is 0.923 bits per heavy atom. The van der Waals surface area contributed by atoms with Gasteiger partial charge in [-0.25, -0.2) is 9.59 Å². The molecule has 2 atom stereocenters. The van der Waals surface area contributed by atoms with Gasteiger partial charge in [0.1, 0.15) is 18.8 Å². The quantitative estimate of drug-likeness (QED) is 0.388. The first-order valence-electron chi connectivity index (χ1n) is 9.79. The van der Waals surface area contributed by atoms with Crippen molar-refractivity contribution in [2.45, 2.75) is 83.8 Å². The molecule has 0 aromatic rings. The van der Waals surface area contributed by atoms with Crippen LogP contribution in [0.2, 0.25) is 0 Å². The van der Waals surface area contributed by atoms with Gasteiger partial charge in [-0.05, 0) is 38.0 Å². The van der Waals surface area contributed by atoms with E-state index in [0.717, 1.165) is 31.6 Å². The highest BCUT2D eigenvalue weighted by molar-refractivity contribution is 5.60. The van der Waals surface area contributed by atoms with Crippen LogP contribution < -0.4 is 0 Å². The van der Waals surface area contributed by atoms with Gasteiger partial charge in [0.05, 0.1) is 6.61 Å². The van der Waals surface area contributed by atoms with E-state index in [-0.39, 0.29) is 6.61 Å². The first kappa shape index (κ1) is 22.5. The molecule has 0 saturated heterocycles. The summed E-state index contributed by atoms with van der Waals surface area (Å²) in [5.41, 5.74) is 0. The molecular weight excluding hydrogens is 340 g/mol. The third-order valence-corrected chi connectivity index (χ3v) is 4.41. The molecule has 1 aliphatic rings. The summed E-state index contributed by atoms with van der Waals surface area (Å²) in [6, 6.07) is 0. The molecule has 1 saturated carbocycles. The maximum Gasteiger partial charge on any atom is 0.508 e. The summed E-state index contributed by atoms with van der Waals surface area (Å²) in [7, 11) is 0. The summed E-state index contributed by atoms with van der Waals surface area (Å²) < 4.78 is 20.4. The van der Waals surface area contributed by atoms with E-state index in [2.05, 4.69) is 13.8 Å². The normalized spacial score (nSPS) is 20.0. The van der Waals surface area contributed by atoms with E-state index >= 15 is 0 Å². The molecule has 0 amide bonds. The number of ether oxygens (including phenoxy) is 4. The SMILES string of the molecule is CC(C)CCCCCCOCCOC(=O)OC1CCCCC1OC(=O)O. The summed E-state index contributed by atoms with van der Waals surface area (Å²) in [4.78, 5) is 22.4. The van der Waals surface area contributed by atoms with Gasteiger partial charge in [-0.1, -0.05) is 39.5 Å². The molecule has 1 N–H and O–H groups in total. The predicted octanol–water partition coefficient (Wildman–Crippen LogP) is 4.77. The Hall–Kier alpha value is -1.50. The van der Waals surface area contributed by atoms with E-state index in [1.54, 1.807) is 0 Å². The molecule has 2 unspecified atom stereocenters. The summed E-state index contributed by atoms with van der Waals surface area (Å²) in [6.07, 6.45) is 5.48. The van der Waals surface area contributed by atoms with Crippen LogP contribution in [-0.2, 0) is 18.9 Å². The number of hydrogen-bond acceptors (Lipinski definition) is 6. The number of rotatable bonds is 12. The van der Waals surface area contributed by atoms with E-state index in [0.29, 0.717) is 26.1 Å². The zero-order valence-corrected chi connectivity index (χ0v) is 16.1. The first-order chi connectivity index (χ1) is 12.5. The summed E-state index contributed by atoms with van der Waals surface area (Å²) >= 11 is 0. The Bertz CT molecular complexity index is 397. The second-order valence-electron chi connectivity index (χ2n) is 7.17. The van der Waals surface area contributed by atoms with Crippen molar-refractivity contribution in [1.82, 2.24) is 0 Å². The Morgan fingerprint density at radius 3 is 2.23 bits per heavy atom. The summed E-state index contributed by atoms with van der Waals surface area (Å²) in [5, 5.41) is 8.72. The van der Waals surface area contributed by atoms with Crippen molar-refractivity contribution in [1.29, 1.82) is 0 Å². The lowest BCUT2D eigenvalue weighted by Gasteiger charge is -2.29. The average Bonchev–Trinajstić information content (AvgIpc) is 2.57. The van der Waals surface area contributed by atoms with Gasteiger partial charge in [-0.2, -0.15) is 0 Å². The average molecular weight is 374 g/mol. The molecule has 0 heterocycles. The Labute approximate surface area is 156 Å². The fourth-order valence-corrected chi connectivity index (χ4v) is 3.02. The van der Waals surface area contributed by atoms with Crippen molar-refractivity contribution in [2.24, 2.45) is 5.92 Å². The number of carbonyl (C=O) groups excluding carboxylic acids is 1. The predicted molar refractivity (Wildman–Crippen MR) is 96.3 cm³/mol. The fraction of sp³-hybridized carbons (Fsp3) is 0.895. The molecule has 7 heteroatoms. The van der Waals surface area contributed by atoms with Crippen molar-refractivity contribution >= 4 is 12.3 Å². The van der Waals surface area contributed by atoms with Crippen molar-refractivity contribution in [3.63, 3.8) is 0 Å². The van der Waals surface area contributed by atoms with Gasteiger partial charge in [-0.15, -0.1) is 0 Å². The number of hydrogen-bond donors (Lipinski definition) is 1. The van der Waals surface area contributed by atoms with Crippen LogP contribution in [0, 0.1) is 5.92 Å². The molecule has 0 aromatic carbocycles. The summed E-state index contributed by atoms with van der Waals surface area (Å²) in [6.45, 7) is 5.60. The molecule has 0 spiro atoms. The molecule has 7 nitrogen and oxygen atoms in total. The van der Waals surface area contributed by atoms with Gasteiger partial charge in [0.15, 0.2) is 0 Å². The van der Waals surface area contributed by atoms with E-state index < -0.39 is 24.5 Å². The van der Waals surface area contributed by atoms with Gasteiger partial charge in [0, 0.05) is 6.61 Å². The van der Waals surface area contributed by atoms with E-state index in [9.17, 15) is 9.59 Å². The molecule has 1 aliphatic carbocycles. The van der Waals surface area contributed by atoms with Crippen LogP contribution in [0.4, 0.5) is 9.59 Å². The smallest absolute Gasteiger partial charge is 0.450 e. The number of unbranched alkanes of at least 4 members (excludes halogenated alkanes) is 3. The summed E-state index contributed by atoms with van der Waals surface area (Å²) in [5.74, 6) is 0.766. The standard InChI is InChI=1S/C19H34O7/c1-15(2)9-5-3-4-8-12-23-13-14-24-19(22)26-17-11-7-6-10-16(17)25-18(20)21/h15-17H,3-14H2,1-2H3,(H,20,21). The minimum Gasteiger partial charge on any atom is -0.450 e. The zero-order chi connectivity index (χ0) is 19.2. The van der Waals surface area contributed by atoms with E-state index in [1.807, 2.05) is 0 Å². The highest BCUT2D eigenvalue weighted by Crippen LogP contribution is 2.24. The van der Waals surface area contributed by atoms with Gasteiger partial charge in [0.2, 0.25) is 0 Å². The fourth-order valence-electron chi connectivity index (χ4n) is 3.02. The third kappa shape index (κ3) is 11.2. The highest BCUT2D eigenvalue weighted by atomic mass is 16.7. The lowest BCUT2D eigenvalue weighted by molar-refractivity contribution is -0.0678. The monoisotopic (exact) mass is 374 g/mol. The topological polar surface area (TPSA) is 91.3 Å². The van der Waals surface area contributed by atoms with Gasteiger partial charge in [-0.3, -0.25) is 0 Å². The van der Waals surface area contributed by atoms with E-state index in [1.165, 1.54) is 19.3 Å². The molecule has 0 aliphatic heterocycles. The second kappa shape index (κ2) is 13.7. The number of carbonyl (C=O) groups is 2. The minimum atomic E-state index is -1.35. The molecule has 1 rings (SSSR count). The molecule has 0 aromatic heterocycles. The molecule has 0 radical (unpaired) electrons. The molecule has 26 heavy (non-hydrogen) atoms. The van der Waals surface area contributed by atoms with Gasteiger partial charge in [0.25, 0.3) is 0 Å². The Balaban J connectivity index is 2.01. The van der Waals surface area contributed by atoms with Crippen LogP contribution in [0.3, 0.4) is 0 Å². The Morgan fingerprint density at radius 2 is 1.58 bits per heavy atom. The van der Waals surface area contributed by atoms with Crippen molar-refractivity contribution in [3.8, 4) is 0 Å². The lowest BCUT2D eigenvalue weighted by atomic mass is 9.95. The number of carboxylic acid groups (broad SMARTS) is 1. The maximum absolute atomic E-state index is 11.7. The Kier molecular flexibility index (Phi) is 11.9. The second-order valence-corrected chi connectivity index (χ2v) is 7.17. The van der Waals surface area contributed by atoms with E-state index in [4.69, 9.17) is 24.1 Å². The first-order valence-corrected chi connectivity index (χ1v) is 9.79. The van der Waals surface area contributed by atoms with Crippen LogP contribution in [0.5, 0.6) is 0 Å². The van der Waals surface area contributed by atoms with Crippen LogP contribution >= 0.6 is 0 Å². The largest absolute Gasteiger partial charge is 0.508 e. The molecule has 0 bridgehead atoms. The van der Waals surface area contributed by atoms with Crippen LogP contribution in [0.1, 0.15) is 71.6 Å². The van der Waals surface area contributed by atoms with Crippen LogP contribution in [0.25, 0.3) is 0 Å². The lowest BCUT2D eigenvalue weighted by Crippen LogP contribution is -2.37. The van der Waals surface area contributed by atoms with Gasteiger partial charge >= 0.3 is 12.3 Å². The maximum atomic E-state index is 11.7.